The fourth-order valence-corrected chi connectivity index (χ4v) is 1.96. The maximum atomic E-state index is 10.3. The van der Waals surface area contributed by atoms with Gasteiger partial charge >= 0.3 is 0 Å². The van der Waals surface area contributed by atoms with Crippen molar-refractivity contribution < 1.29 is 19.0 Å². The standard InChI is InChI=1S/C15H19NO4/c1-18-11-5-6-15(19-2)13(8-11)14(17)10-16-9-12-4-3-7-20-12/h3-8,14,16-17H,9-10H2,1-2H3. The van der Waals surface area contributed by atoms with Gasteiger partial charge in [-0.2, -0.15) is 0 Å². The molecule has 2 aromatic rings. The van der Waals surface area contributed by atoms with Crippen LogP contribution in [0.15, 0.2) is 41.0 Å². The van der Waals surface area contributed by atoms with Crippen molar-refractivity contribution in [3.8, 4) is 11.5 Å². The molecule has 108 valence electrons. The number of methoxy groups -OCH3 is 2. The molecule has 5 heteroatoms. The Morgan fingerprint density at radius 2 is 2.10 bits per heavy atom. The number of hydrogen-bond donors (Lipinski definition) is 2. The van der Waals surface area contributed by atoms with Gasteiger partial charge in [0.1, 0.15) is 17.3 Å². The first-order valence-electron chi connectivity index (χ1n) is 6.37. The third-order valence-electron chi connectivity index (χ3n) is 3.01. The SMILES string of the molecule is COc1ccc(OC)c(C(O)CNCc2ccco2)c1. The molecule has 0 amide bonds. The van der Waals surface area contributed by atoms with E-state index >= 15 is 0 Å². The van der Waals surface area contributed by atoms with Crippen LogP contribution in [0.4, 0.5) is 0 Å². The van der Waals surface area contributed by atoms with Gasteiger partial charge in [-0.3, -0.25) is 0 Å². The lowest BCUT2D eigenvalue weighted by atomic mass is 10.1. The molecule has 0 bridgehead atoms. The summed E-state index contributed by atoms with van der Waals surface area (Å²) in [7, 11) is 3.17. The molecule has 0 radical (unpaired) electrons. The predicted octanol–water partition coefficient (Wildman–Crippen LogP) is 2.12. The van der Waals surface area contributed by atoms with E-state index in [-0.39, 0.29) is 0 Å². The Kier molecular flexibility index (Phi) is 5.03. The highest BCUT2D eigenvalue weighted by molar-refractivity contribution is 5.41. The summed E-state index contributed by atoms with van der Waals surface area (Å²) >= 11 is 0. The van der Waals surface area contributed by atoms with Gasteiger partial charge in [-0.05, 0) is 30.3 Å². The summed E-state index contributed by atoms with van der Waals surface area (Å²) in [5.41, 5.74) is 0.693. The summed E-state index contributed by atoms with van der Waals surface area (Å²) in [5.74, 6) is 2.15. The zero-order valence-corrected chi connectivity index (χ0v) is 11.6. The minimum absolute atomic E-state index is 0.393. The van der Waals surface area contributed by atoms with Crippen molar-refractivity contribution in [2.24, 2.45) is 0 Å². The number of aliphatic hydroxyl groups excluding tert-OH is 1. The maximum absolute atomic E-state index is 10.3. The lowest BCUT2D eigenvalue weighted by Gasteiger charge is -2.16. The van der Waals surface area contributed by atoms with Crippen molar-refractivity contribution in [1.82, 2.24) is 5.32 Å². The summed E-state index contributed by atoms with van der Waals surface area (Å²) in [4.78, 5) is 0. The summed E-state index contributed by atoms with van der Waals surface area (Å²) in [6.45, 7) is 0.959. The molecule has 0 aliphatic rings. The van der Waals surface area contributed by atoms with Crippen molar-refractivity contribution in [1.29, 1.82) is 0 Å². The van der Waals surface area contributed by atoms with Crippen LogP contribution in [0.25, 0.3) is 0 Å². The second-order valence-electron chi connectivity index (χ2n) is 4.33. The average Bonchev–Trinajstić information content (AvgIpc) is 2.99. The zero-order chi connectivity index (χ0) is 14.4. The van der Waals surface area contributed by atoms with E-state index in [1.54, 1.807) is 38.7 Å². The molecule has 1 atom stereocenters. The van der Waals surface area contributed by atoms with Gasteiger partial charge < -0.3 is 24.3 Å². The van der Waals surface area contributed by atoms with Gasteiger partial charge in [-0.1, -0.05) is 0 Å². The second-order valence-corrected chi connectivity index (χ2v) is 4.33. The molecule has 1 aromatic heterocycles. The smallest absolute Gasteiger partial charge is 0.124 e. The zero-order valence-electron chi connectivity index (χ0n) is 11.6. The highest BCUT2D eigenvalue weighted by atomic mass is 16.5. The van der Waals surface area contributed by atoms with Crippen molar-refractivity contribution >= 4 is 0 Å². The summed E-state index contributed by atoms with van der Waals surface area (Å²) in [6.07, 6.45) is 0.938. The molecule has 0 fully saturated rings. The van der Waals surface area contributed by atoms with Crippen LogP contribution in [0, 0.1) is 0 Å². The van der Waals surface area contributed by atoms with E-state index < -0.39 is 6.10 Å². The van der Waals surface area contributed by atoms with Gasteiger partial charge in [-0.25, -0.2) is 0 Å². The highest BCUT2D eigenvalue weighted by Gasteiger charge is 2.14. The molecule has 0 spiro atoms. The Bertz CT molecular complexity index is 525. The summed E-state index contributed by atoms with van der Waals surface area (Å²) in [5, 5.41) is 13.4. The molecule has 2 rings (SSSR count). The van der Waals surface area contributed by atoms with Gasteiger partial charge in [0, 0.05) is 12.1 Å². The number of rotatable bonds is 7. The number of furan rings is 1. The number of aliphatic hydroxyl groups is 1. The minimum Gasteiger partial charge on any atom is -0.497 e. The van der Waals surface area contributed by atoms with Crippen molar-refractivity contribution in [3.63, 3.8) is 0 Å². The quantitative estimate of drug-likeness (QED) is 0.811. The van der Waals surface area contributed by atoms with Crippen LogP contribution in [-0.2, 0) is 6.54 Å². The molecule has 20 heavy (non-hydrogen) atoms. The molecular formula is C15H19NO4. The van der Waals surface area contributed by atoms with Gasteiger partial charge in [0.2, 0.25) is 0 Å². The van der Waals surface area contributed by atoms with E-state index in [1.807, 2.05) is 12.1 Å². The molecule has 0 saturated carbocycles. The number of hydrogen-bond acceptors (Lipinski definition) is 5. The minimum atomic E-state index is -0.685. The van der Waals surface area contributed by atoms with Crippen molar-refractivity contribution in [2.45, 2.75) is 12.6 Å². The maximum Gasteiger partial charge on any atom is 0.124 e. The Labute approximate surface area is 118 Å². The fourth-order valence-electron chi connectivity index (χ4n) is 1.96. The first-order valence-corrected chi connectivity index (χ1v) is 6.37. The van der Waals surface area contributed by atoms with Crippen LogP contribution in [0.1, 0.15) is 17.4 Å². The Hall–Kier alpha value is -1.98. The third kappa shape index (κ3) is 3.53. The number of benzene rings is 1. The first-order chi connectivity index (χ1) is 9.74. The molecule has 2 N–H and O–H groups in total. The Morgan fingerprint density at radius 1 is 1.25 bits per heavy atom. The molecule has 0 aliphatic heterocycles. The van der Waals surface area contributed by atoms with Gasteiger partial charge in [0.25, 0.3) is 0 Å². The molecular weight excluding hydrogens is 258 g/mol. The average molecular weight is 277 g/mol. The number of nitrogens with one attached hydrogen (secondary N) is 1. The van der Waals surface area contributed by atoms with Crippen molar-refractivity contribution in [3.05, 3.63) is 47.9 Å². The normalized spacial score (nSPS) is 12.2. The largest absolute Gasteiger partial charge is 0.497 e. The van der Waals surface area contributed by atoms with Gasteiger partial charge in [0.05, 0.1) is 33.1 Å². The third-order valence-corrected chi connectivity index (χ3v) is 3.01. The van der Waals surface area contributed by atoms with Crippen molar-refractivity contribution in [2.75, 3.05) is 20.8 Å². The van der Waals surface area contributed by atoms with Crippen LogP contribution in [0.5, 0.6) is 11.5 Å². The van der Waals surface area contributed by atoms with E-state index in [1.165, 1.54) is 0 Å². The second kappa shape index (κ2) is 6.98. The fraction of sp³-hybridized carbons (Fsp3) is 0.333. The van der Waals surface area contributed by atoms with E-state index in [4.69, 9.17) is 13.9 Å². The van der Waals surface area contributed by atoms with Gasteiger partial charge in [-0.15, -0.1) is 0 Å². The van der Waals surface area contributed by atoms with E-state index in [9.17, 15) is 5.11 Å². The predicted molar refractivity (Wildman–Crippen MR) is 74.9 cm³/mol. The van der Waals surface area contributed by atoms with E-state index in [2.05, 4.69) is 5.32 Å². The van der Waals surface area contributed by atoms with Crippen LogP contribution < -0.4 is 14.8 Å². The first kappa shape index (κ1) is 14.4. The lowest BCUT2D eigenvalue weighted by Crippen LogP contribution is -2.21. The molecule has 0 aliphatic carbocycles. The van der Waals surface area contributed by atoms with Crippen LogP contribution in [0.2, 0.25) is 0 Å². The van der Waals surface area contributed by atoms with Crippen LogP contribution in [-0.4, -0.2) is 25.9 Å². The Balaban J connectivity index is 1.98. The topological polar surface area (TPSA) is 63.9 Å². The molecule has 0 saturated heterocycles. The molecule has 1 unspecified atom stereocenters. The molecule has 1 heterocycles. The lowest BCUT2D eigenvalue weighted by molar-refractivity contribution is 0.169. The van der Waals surface area contributed by atoms with Crippen LogP contribution >= 0.6 is 0 Å². The van der Waals surface area contributed by atoms with E-state index in [0.29, 0.717) is 30.2 Å². The molecule has 5 nitrogen and oxygen atoms in total. The number of ether oxygens (including phenoxy) is 2. The summed E-state index contributed by atoms with van der Waals surface area (Å²) < 4.78 is 15.6. The van der Waals surface area contributed by atoms with Crippen LogP contribution in [0.3, 0.4) is 0 Å². The monoisotopic (exact) mass is 277 g/mol. The summed E-state index contributed by atoms with van der Waals surface area (Å²) in [6, 6.07) is 9.07. The van der Waals surface area contributed by atoms with Gasteiger partial charge in [0.15, 0.2) is 0 Å². The van der Waals surface area contributed by atoms with E-state index in [0.717, 1.165) is 5.76 Å². The highest BCUT2D eigenvalue weighted by Crippen LogP contribution is 2.29. The molecule has 1 aromatic carbocycles. The Morgan fingerprint density at radius 3 is 2.75 bits per heavy atom.